The summed E-state index contributed by atoms with van der Waals surface area (Å²) in [6, 6.07) is 2.19. The van der Waals surface area contributed by atoms with Gasteiger partial charge in [0.05, 0.1) is 13.1 Å². The summed E-state index contributed by atoms with van der Waals surface area (Å²) in [6.07, 6.45) is 3.50. The normalized spacial score (nSPS) is 16.8. The largest absolute Gasteiger partial charge is 0.463 e. The highest BCUT2D eigenvalue weighted by Crippen LogP contribution is 2.18. The lowest BCUT2D eigenvalue weighted by molar-refractivity contribution is 0.254. The molecule has 3 heteroatoms. The molecule has 1 aliphatic rings. The first kappa shape index (κ1) is 15.3. The number of rotatable bonds is 6. The molecule has 0 radical (unpaired) electrons. The van der Waals surface area contributed by atoms with Crippen LogP contribution >= 0.6 is 0 Å². The maximum Gasteiger partial charge on any atom is 0.120 e. The van der Waals surface area contributed by atoms with Crippen LogP contribution in [0.25, 0.3) is 0 Å². The van der Waals surface area contributed by atoms with Crippen LogP contribution < -0.4 is 5.32 Å². The van der Waals surface area contributed by atoms with Crippen LogP contribution in [0.15, 0.2) is 22.1 Å². The lowest BCUT2D eigenvalue weighted by atomic mass is 10.1. The molecule has 3 nitrogen and oxygen atoms in total. The van der Waals surface area contributed by atoms with Gasteiger partial charge in [-0.05, 0) is 44.4 Å². The molecule has 0 aliphatic carbocycles. The Morgan fingerprint density at radius 3 is 2.85 bits per heavy atom. The van der Waals surface area contributed by atoms with Gasteiger partial charge in [-0.1, -0.05) is 25.5 Å². The lowest BCUT2D eigenvalue weighted by Gasteiger charge is -2.24. The van der Waals surface area contributed by atoms with Crippen LogP contribution in [0.2, 0.25) is 0 Å². The summed E-state index contributed by atoms with van der Waals surface area (Å²) >= 11 is 0. The van der Waals surface area contributed by atoms with Crippen molar-refractivity contribution in [3.63, 3.8) is 0 Å². The van der Waals surface area contributed by atoms with Crippen molar-refractivity contribution in [2.24, 2.45) is 5.92 Å². The van der Waals surface area contributed by atoms with Crippen molar-refractivity contribution in [3.05, 3.63) is 34.8 Å². The van der Waals surface area contributed by atoms with Gasteiger partial charge < -0.3 is 9.73 Å². The monoisotopic (exact) mass is 276 g/mol. The van der Waals surface area contributed by atoms with Crippen LogP contribution in [-0.2, 0) is 13.1 Å². The third-order valence-corrected chi connectivity index (χ3v) is 3.70. The van der Waals surface area contributed by atoms with E-state index in [-0.39, 0.29) is 0 Å². The fraction of sp³-hybridized carbons (Fsp3) is 0.647. The molecule has 2 rings (SSSR count). The second-order valence-corrected chi connectivity index (χ2v) is 6.39. The van der Waals surface area contributed by atoms with Crippen molar-refractivity contribution in [2.45, 2.75) is 47.2 Å². The van der Waals surface area contributed by atoms with Crippen molar-refractivity contribution in [1.29, 1.82) is 0 Å². The summed E-state index contributed by atoms with van der Waals surface area (Å²) in [5.74, 6) is 2.86. The van der Waals surface area contributed by atoms with Crippen LogP contribution in [0, 0.1) is 12.8 Å². The van der Waals surface area contributed by atoms with Crippen LogP contribution in [0.1, 0.15) is 44.3 Å². The third-order valence-electron chi connectivity index (χ3n) is 3.70. The Morgan fingerprint density at radius 2 is 2.15 bits per heavy atom. The summed E-state index contributed by atoms with van der Waals surface area (Å²) in [6.45, 7) is 13.8. The van der Waals surface area contributed by atoms with E-state index in [0.717, 1.165) is 50.7 Å². The van der Waals surface area contributed by atoms with Crippen molar-refractivity contribution in [2.75, 3.05) is 19.6 Å². The van der Waals surface area contributed by atoms with Gasteiger partial charge in [-0.3, -0.25) is 4.90 Å². The van der Waals surface area contributed by atoms with Gasteiger partial charge in [0.2, 0.25) is 0 Å². The average molecular weight is 276 g/mol. The molecule has 20 heavy (non-hydrogen) atoms. The summed E-state index contributed by atoms with van der Waals surface area (Å²) < 4.78 is 6.01. The second kappa shape index (κ2) is 7.09. The van der Waals surface area contributed by atoms with E-state index < -0.39 is 0 Å². The average Bonchev–Trinajstić information content (AvgIpc) is 2.69. The minimum atomic E-state index is 0.674. The van der Waals surface area contributed by atoms with Crippen LogP contribution in [0.3, 0.4) is 0 Å². The molecule has 0 saturated carbocycles. The third kappa shape index (κ3) is 4.50. The van der Waals surface area contributed by atoms with Gasteiger partial charge in [-0.25, -0.2) is 0 Å². The Morgan fingerprint density at radius 1 is 1.35 bits per heavy atom. The van der Waals surface area contributed by atoms with E-state index in [1.54, 1.807) is 0 Å². The zero-order chi connectivity index (χ0) is 14.5. The van der Waals surface area contributed by atoms with Crippen molar-refractivity contribution in [3.8, 4) is 0 Å². The topological polar surface area (TPSA) is 28.4 Å². The Hall–Kier alpha value is -1.06. The highest BCUT2D eigenvalue weighted by Gasteiger charge is 2.14. The molecular weight excluding hydrogens is 248 g/mol. The fourth-order valence-electron chi connectivity index (χ4n) is 2.66. The first-order valence-electron chi connectivity index (χ1n) is 7.71. The van der Waals surface area contributed by atoms with Crippen LogP contribution in [-0.4, -0.2) is 24.5 Å². The number of furan rings is 1. The number of hydrogen-bond acceptors (Lipinski definition) is 3. The molecule has 1 N–H and O–H groups in total. The zero-order valence-corrected chi connectivity index (χ0v) is 13.3. The highest BCUT2D eigenvalue weighted by molar-refractivity contribution is 5.20. The standard InChI is InChI=1S/C17H28N2O/c1-13(2)9-18-10-17-15(4)8-16(20-17)12-19-7-5-6-14(3)11-19/h6,8,13,18H,5,7,9-12H2,1-4H3. The van der Waals surface area contributed by atoms with Crippen molar-refractivity contribution < 1.29 is 4.42 Å². The van der Waals surface area contributed by atoms with E-state index in [4.69, 9.17) is 4.42 Å². The molecule has 2 heterocycles. The Labute approximate surface area is 123 Å². The molecule has 1 aromatic heterocycles. The molecule has 0 atom stereocenters. The molecule has 0 amide bonds. The van der Waals surface area contributed by atoms with Gasteiger partial charge in [0.1, 0.15) is 11.5 Å². The van der Waals surface area contributed by atoms with Crippen LogP contribution in [0.4, 0.5) is 0 Å². The molecule has 1 aromatic rings. The molecule has 0 bridgehead atoms. The molecular formula is C17H28N2O. The van der Waals surface area contributed by atoms with Gasteiger partial charge in [0.15, 0.2) is 0 Å². The maximum absolute atomic E-state index is 6.01. The van der Waals surface area contributed by atoms with E-state index >= 15 is 0 Å². The molecule has 112 valence electrons. The molecule has 0 spiro atoms. The lowest BCUT2D eigenvalue weighted by Crippen LogP contribution is -2.28. The smallest absolute Gasteiger partial charge is 0.120 e. The van der Waals surface area contributed by atoms with Gasteiger partial charge >= 0.3 is 0 Å². The van der Waals surface area contributed by atoms with E-state index in [1.165, 1.54) is 11.1 Å². The maximum atomic E-state index is 6.01. The van der Waals surface area contributed by atoms with E-state index in [2.05, 4.69) is 50.1 Å². The van der Waals surface area contributed by atoms with Gasteiger partial charge in [-0.2, -0.15) is 0 Å². The van der Waals surface area contributed by atoms with E-state index in [1.807, 2.05) is 0 Å². The predicted octanol–water partition coefficient (Wildman–Crippen LogP) is 3.49. The first-order valence-corrected chi connectivity index (χ1v) is 7.71. The molecule has 0 aromatic carbocycles. The zero-order valence-electron chi connectivity index (χ0n) is 13.3. The van der Waals surface area contributed by atoms with E-state index in [9.17, 15) is 0 Å². The molecule has 0 fully saturated rings. The Kier molecular flexibility index (Phi) is 5.44. The predicted molar refractivity (Wildman–Crippen MR) is 83.6 cm³/mol. The molecule has 1 aliphatic heterocycles. The number of aryl methyl sites for hydroxylation is 1. The summed E-state index contributed by atoms with van der Waals surface area (Å²) in [5, 5.41) is 3.45. The fourth-order valence-corrected chi connectivity index (χ4v) is 2.66. The highest BCUT2D eigenvalue weighted by atomic mass is 16.3. The SMILES string of the molecule is CC1=CCCN(Cc2cc(C)c(CNCC(C)C)o2)C1. The molecule has 0 saturated heterocycles. The second-order valence-electron chi connectivity index (χ2n) is 6.39. The quantitative estimate of drug-likeness (QED) is 0.806. The van der Waals surface area contributed by atoms with Crippen molar-refractivity contribution in [1.82, 2.24) is 10.2 Å². The molecule has 0 unspecified atom stereocenters. The van der Waals surface area contributed by atoms with Crippen LogP contribution in [0.5, 0.6) is 0 Å². The minimum Gasteiger partial charge on any atom is -0.463 e. The Bertz CT molecular complexity index is 460. The number of nitrogens with one attached hydrogen (secondary N) is 1. The minimum absolute atomic E-state index is 0.674. The van der Waals surface area contributed by atoms with Gasteiger partial charge in [-0.15, -0.1) is 0 Å². The summed E-state index contributed by atoms with van der Waals surface area (Å²) in [7, 11) is 0. The Balaban J connectivity index is 1.88. The van der Waals surface area contributed by atoms with Crippen molar-refractivity contribution >= 4 is 0 Å². The van der Waals surface area contributed by atoms with E-state index in [0.29, 0.717) is 5.92 Å². The number of hydrogen-bond donors (Lipinski definition) is 1. The summed E-state index contributed by atoms with van der Waals surface area (Å²) in [4.78, 5) is 2.46. The number of nitrogens with zero attached hydrogens (tertiary/aromatic N) is 1. The first-order chi connectivity index (χ1) is 9.54. The van der Waals surface area contributed by atoms with Gasteiger partial charge in [0.25, 0.3) is 0 Å². The van der Waals surface area contributed by atoms with Gasteiger partial charge in [0, 0.05) is 13.1 Å². The summed E-state index contributed by atoms with van der Waals surface area (Å²) in [5.41, 5.74) is 2.74.